The molecule has 0 saturated carbocycles. The maximum atomic E-state index is 12.9. The molecule has 0 atom stereocenters. The normalized spacial score (nSPS) is 12.3. The van der Waals surface area contributed by atoms with Crippen molar-refractivity contribution < 1.29 is 8.42 Å². The van der Waals surface area contributed by atoms with Crippen molar-refractivity contribution in [3.05, 3.63) is 69.9 Å². The van der Waals surface area contributed by atoms with Gasteiger partial charge in [0.25, 0.3) is 15.6 Å². The summed E-state index contributed by atoms with van der Waals surface area (Å²) in [4.78, 5) is 19.8. The maximum Gasteiger partial charge on any atom is 0.251 e. The van der Waals surface area contributed by atoms with Crippen LogP contribution in [0.2, 0.25) is 0 Å². The third-order valence-electron chi connectivity index (χ3n) is 4.50. The lowest BCUT2D eigenvalue weighted by atomic mass is 10.0. The molecule has 0 amide bonds. The molecule has 0 aliphatic rings. The summed E-state index contributed by atoms with van der Waals surface area (Å²) in [6.07, 6.45) is 2.25. The molecule has 148 valence electrons. The zero-order chi connectivity index (χ0) is 20.5. The molecule has 0 saturated heterocycles. The minimum atomic E-state index is -3.73. The number of aromatic amines is 1. The highest BCUT2D eigenvalue weighted by atomic mass is 32.2. The Morgan fingerprint density at radius 3 is 2.61 bits per heavy atom. The molecule has 2 N–H and O–H groups in total. The molecular formula is C20H23N3O3S2. The molecule has 3 heterocycles. The number of aryl methyl sites for hydroxylation is 2. The van der Waals surface area contributed by atoms with Crippen LogP contribution in [0.3, 0.4) is 0 Å². The average Bonchev–Trinajstić information content (AvgIpc) is 3.13. The Balaban J connectivity index is 1.94. The van der Waals surface area contributed by atoms with Gasteiger partial charge in [-0.25, -0.2) is 8.42 Å². The van der Waals surface area contributed by atoms with Crippen LogP contribution in [0.1, 0.15) is 37.7 Å². The van der Waals surface area contributed by atoms with E-state index in [1.54, 1.807) is 44.3 Å². The van der Waals surface area contributed by atoms with Crippen LogP contribution in [0.5, 0.6) is 0 Å². The quantitative estimate of drug-likeness (QED) is 0.641. The lowest BCUT2D eigenvalue weighted by Crippen LogP contribution is -2.41. The Morgan fingerprint density at radius 2 is 1.96 bits per heavy atom. The largest absolute Gasteiger partial charge is 0.326 e. The summed E-state index contributed by atoms with van der Waals surface area (Å²) in [5, 5.41) is 0. The minimum Gasteiger partial charge on any atom is -0.326 e. The first-order valence-electron chi connectivity index (χ1n) is 8.92. The van der Waals surface area contributed by atoms with E-state index in [1.807, 2.05) is 26.0 Å². The van der Waals surface area contributed by atoms with E-state index < -0.39 is 15.6 Å². The third-order valence-corrected chi connectivity index (χ3v) is 7.77. The van der Waals surface area contributed by atoms with Crippen LogP contribution in [0.4, 0.5) is 0 Å². The molecular weight excluding hydrogens is 394 g/mol. The highest BCUT2D eigenvalue weighted by Gasteiger charge is 2.30. The Bertz CT molecular complexity index is 1150. The molecule has 3 rings (SSSR count). The first kappa shape index (κ1) is 20.4. The lowest BCUT2D eigenvalue weighted by Gasteiger charge is -2.24. The third kappa shape index (κ3) is 4.09. The Kier molecular flexibility index (Phi) is 5.56. The lowest BCUT2D eigenvalue weighted by molar-refractivity contribution is 0.461. The number of H-pyrrole nitrogens is 1. The van der Waals surface area contributed by atoms with E-state index in [0.717, 1.165) is 16.1 Å². The van der Waals surface area contributed by atoms with Crippen molar-refractivity contribution in [1.82, 2.24) is 14.7 Å². The molecule has 0 fully saturated rings. The highest BCUT2D eigenvalue weighted by molar-refractivity contribution is 7.91. The van der Waals surface area contributed by atoms with E-state index in [4.69, 9.17) is 0 Å². The van der Waals surface area contributed by atoms with Gasteiger partial charge in [-0.3, -0.25) is 9.78 Å². The summed E-state index contributed by atoms with van der Waals surface area (Å²) >= 11 is 1.18. The molecule has 0 aliphatic carbocycles. The molecule has 0 aromatic carbocycles. The zero-order valence-electron chi connectivity index (χ0n) is 16.2. The first-order valence-corrected chi connectivity index (χ1v) is 11.2. The molecule has 0 unspecified atom stereocenters. The van der Waals surface area contributed by atoms with Gasteiger partial charge < -0.3 is 4.98 Å². The number of nitrogens with zero attached hydrogens (tertiary/aromatic N) is 1. The Morgan fingerprint density at radius 1 is 1.21 bits per heavy atom. The number of aromatic nitrogens is 2. The number of pyridine rings is 2. The van der Waals surface area contributed by atoms with Gasteiger partial charge in [-0.05, 0) is 57.5 Å². The monoisotopic (exact) mass is 417 g/mol. The zero-order valence-corrected chi connectivity index (χ0v) is 17.9. The van der Waals surface area contributed by atoms with E-state index in [-0.39, 0.29) is 9.77 Å². The van der Waals surface area contributed by atoms with Gasteiger partial charge in [0.1, 0.15) is 4.21 Å². The molecule has 3 aromatic heterocycles. The number of rotatable bonds is 6. The van der Waals surface area contributed by atoms with E-state index in [1.165, 1.54) is 11.3 Å². The van der Waals surface area contributed by atoms with Crippen molar-refractivity contribution in [3.63, 3.8) is 0 Å². The van der Waals surface area contributed by atoms with Crippen LogP contribution < -0.4 is 10.3 Å². The van der Waals surface area contributed by atoms with Gasteiger partial charge in [-0.15, -0.1) is 11.3 Å². The molecule has 28 heavy (non-hydrogen) atoms. The summed E-state index contributed by atoms with van der Waals surface area (Å²) in [6, 6.07) is 10.6. The smallest absolute Gasteiger partial charge is 0.251 e. The van der Waals surface area contributed by atoms with E-state index in [9.17, 15) is 13.2 Å². The van der Waals surface area contributed by atoms with E-state index in [2.05, 4.69) is 14.7 Å². The molecule has 0 spiro atoms. The molecule has 6 nitrogen and oxygen atoms in total. The standard InChI is InChI=1S/C20H23N3O3S2/c1-5-14-12-15(13(2)22-19(14)24)16-9-10-18(27-16)28(25,26)23-20(3,4)17-8-6-7-11-21-17/h6-12,23H,5H2,1-4H3,(H,22,24). The van der Waals surface area contributed by atoms with Crippen LogP contribution in [0.25, 0.3) is 10.4 Å². The molecule has 0 bridgehead atoms. The summed E-state index contributed by atoms with van der Waals surface area (Å²) in [7, 11) is -3.73. The van der Waals surface area contributed by atoms with Gasteiger partial charge in [0.05, 0.1) is 11.2 Å². The highest BCUT2D eigenvalue weighted by Crippen LogP contribution is 2.33. The van der Waals surface area contributed by atoms with E-state index >= 15 is 0 Å². The second kappa shape index (κ2) is 7.62. The van der Waals surface area contributed by atoms with Crippen molar-refractivity contribution in [2.45, 2.75) is 43.9 Å². The van der Waals surface area contributed by atoms with Crippen LogP contribution in [0, 0.1) is 6.92 Å². The van der Waals surface area contributed by atoms with Gasteiger partial charge >= 0.3 is 0 Å². The van der Waals surface area contributed by atoms with Crippen molar-refractivity contribution >= 4 is 21.4 Å². The summed E-state index contributed by atoms with van der Waals surface area (Å²) < 4.78 is 28.8. The van der Waals surface area contributed by atoms with Gasteiger partial charge in [-0.1, -0.05) is 13.0 Å². The van der Waals surface area contributed by atoms with Crippen molar-refractivity contribution in [1.29, 1.82) is 0 Å². The van der Waals surface area contributed by atoms with Crippen LogP contribution in [-0.2, 0) is 22.0 Å². The van der Waals surface area contributed by atoms with Gasteiger partial charge in [0, 0.05) is 27.9 Å². The summed E-state index contributed by atoms with van der Waals surface area (Å²) in [5.74, 6) is 0. The molecule has 8 heteroatoms. The fourth-order valence-corrected chi connectivity index (χ4v) is 5.73. The second-order valence-electron chi connectivity index (χ2n) is 7.08. The number of hydrogen-bond donors (Lipinski definition) is 2. The van der Waals surface area contributed by atoms with Crippen LogP contribution in [-0.4, -0.2) is 18.4 Å². The maximum absolute atomic E-state index is 12.9. The fourth-order valence-electron chi connectivity index (χ4n) is 2.96. The number of hydrogen-bond acceptors (Lipinski definition) is 5. The average molecular weight is 418 g/mol. The van der Waals surface area contributed by atoms with Gasteiger partial charge in [0.15, 0.2) is 0 Å². The first-order chi connectivity index (χ1) is 13.1. The van der Waals surface area contributed by atoms with Crippen molar-refractivity contribution in [2.24, 2.45) is 0 Å². The SMILES string of the molecule is CCc1cc(-c2ccc(S(=O)(=O)NC(C)(C)c3ccccn3)s2)c(C)[nH]c1=O. The molecule has 0 aliphatic heterocycles. The van der Waals surface area contributed by atoms with Crippen LogP contribution in [0.15, 0.2) is 51.6 Å². The van der Waals surface area contributed by atoms with Crippen molar-refractivity contribution in [2.75, 3.05) is 0 Å². The molecule has 0 radical (unpaired) electrons. The molecule has 3 aromatic rings. The fraction of sp³-hybridized carbons (Fsp3) is 0.300. The second-order valence-corrected chi connectivity index (χ2v) is 10.1. The topological polar surface area (TPSA) is 91.9 Å². The van der Waals surface area contributed by atoms with Crippen molar-refractivity contribution in [3.8, 4) is 10.4 Å². The number of thiophene rings is 1. The Labute approximate surface area is 168 Å². The van der Waals surface area contributed by atoms with E-state index in [0.29, 0.717) is 17.7 Å². The minimum absolute atomic E-state index is 0.105. The van der Waals surface area contributed by atoms with Gasteiger partial charge in [0.2, 0.25) is 0 Å². The predicted molar refractivity (Wildman–Crippen MR) is 112 cm³/mol. The summed E-state index contributed by atoms with van der Waals surface area (Å²) in [6.45, 7) is 7.28. The number of sulfonamides is 1. The predicted octanol–water partition coefficient (Wildman–Crippen LogP) is 3.58. The summed E-state index contributed by atoms with van der Waals surface area (Å²) in [5.41, 5.74) is 1.91. The number of nitrogens with one attached hydrogen (secondary N) is 2. The van der Waals surface area contributed by atoms with Gasteiger partial charge in [-0.2, -0.15) is 4.72 Å². The Hall–Kier alpha value is -2.29. The van der Waals surface area contributed by atoms with Crippen LogP contribution >= 0.6 is 11.3 Å².